The molecule has 1 aromatic rings. The third kappa shape index (κ3) is 3.54. The number of nitro groups is 1. The van der Waals surface area contributed by atoms with Gasteiger partial charge in [0.1, 0.15) is 11.9 Å². The fourth-order valence-electron chi connectivity index (χ4n) is 1.40. The number of carbonyl (C=O) groups excluding carboxylic acids is 1. The second kappa shape index (κ2) is 5.97. The summed E-state index contributed by atoms with van der Waals surface area (Å²) < 4.78 is 1.48. The molecule has 0 atom stereocenters. The van der Waals surface area contributed by atoms with Gasteiger partial charge >= 0.3 is 5.69 Å². The molecule has 1 heterocycles. The van der Waals surface area contributed by atoms with Crippen LogP contribution >= 0.6 is 0 Å². The zero-order valence-corrected chi connectivity index (χ0v) is 9.97. The van der Waals surface area contributed by atoms with Crippen molar-refractivity contribution in [3.8, 4) is 0 Å². The van der Waals surface area contributed by atoms with Gasteiger partial charge in [-0.05, 0) is 13.3 Å². The summed E-state index contributed by atoms with van der Waals surface area (Å²) in [5.41, 5.74) is 0.456. The lowest BCUT2D eigenvalue weighted by Gasteiger charge is -2.04. The quantitative estimate of drug-likeness (QED) is 0.593. The lowest BCUT2D eigenvalue weighted by Crippen LogP contribution is -2.25. The van der Waals surface area contributed by atoms with Crippen LogP contribution in [0.3, 0.4) is 0 Å². The van der Waals surface area contributed by atoms with Gasteiger partial charge in [0.15, 0.2) is 0 Å². The monoisotopic (exact) mass is 240 g/mol. The molecule has 17 heavy (non-hydrogen) atoms. The molecule has 0 aliphatic carbocycles. The van der Waals surface area contributed by atoms with Crippen molar-refractivity contribution in [3.63, 3.8) is 0 Å². The Morgan fingerprint density at radius 3 is 2.88 bits per heavy atom. The summed E-state index contributed by atoms with van der Waals surface area (Å²) in [6.07, 6.45) is 2.37. The van der Waals surface area contributed by atoms with Crippen LogP contribution in [0.5, 0.6) is 0 Å². The Morgan fingerprint density at radius 1 is 1.65 bits per heavy atom. The fourth-order valence-corrected chi connectivity index (χ4v) is 1.40. The number of rotatable bonds is 6. The van der Waals surface area contributed by atoms with Crippen molar-refractivity contribution in [2.75, 3.05) is 6.54 Å². The van der Waals surface area contributed by atoms with Crippen LogP contribution in [0.2, 0.25) is 0 Å². The Hall–Kier alpha value is -1.92. The number of nitrogens with one attached hydrogen (secondary N) is 1. The minimum atomic E-state index is -0.476. The molecule has 1 aromatic heterocycles. The van der Waals surface area contributed by atoms with Gasteiger partial charge in [0.05, 0.1) is 11.5 Å². The van der Waals surface area contributed by atoms with Gasteiger partial charge in [-0.15, -0.1) is 0 Å². The lowest BCUT2D eigenvalue weighted by atomic mass is 10.3. The van der Waals surface area contributed by atoms with Crippen LogP contribution in [0.1, 0.15) is 25.5 Å². The predicted molar refractivity (Wildman–Crippen MR) is 61.5 cm³/mol. The Morgan fingerprint density at radius 2 is 2.35 bits per heavy atom. The minimum absolute atomic E-state index is 0.0148. The van der Waals surface area contributed by atoms with Crippen molar-refractivity contribution in [2.45, 2.75) is 33.2 Å². The van der Waals surface area contributed by atoms with Crippen LogP contribution < -0.4 is 5.32 Å². The molecule has 0 aromatic carbocycles. The number of amides is 1. The molecule has 0 fully saturated rings. The summed E-state index contributed by atoms with van der Waals surface area (Å²) in [4.78, 5) is 21.5. The molecule has 0 unspecified atom stereocenters. The fraction of sp³-hybridized carbons (Fsp3) is 0.600. The highest BCUT2D eigenvalue weighted by Gasteiger charge is 2.16. The van der Waals surface area contributed by atoms with E-state index in [1.54, 1.807) is 6.92 Å². The van der Waals surface area contributed by atoms with Crippen molar-refractivity contribution >= 4 is 11.6 Å². The molecule has 0 aliphatic rings. The Balaban J connectivity index is 2.52. The van der Waals surface area contributed by atoms with Gasteiger partial charge in [0.2, 0.25) is 5.91 Å². The molecule has 0 bridgehead atoms. The van der Waals surface area contributed by atoms with E-state index in [4.69, 9.17) is 0 Å². The highest BCUT2D eigenvalue weighted by Crippen LogP contribution is 2.16. The highest BCUT2D eigenvalue weighted by molar-refractivity contribution is 5.75. The van der Waals surface area contributed by atoms with Crippen molar-refractivity contribution in [3.05, 3.63) is 22.0 Å². The first kappa shape index (κ1) is 13.1. The van der Waals surface area contributed by atoms with E-state index >= 15 is 0 Å². The molecule has 1 rings (SSSR count). The molecule has 0 saturated heterocycles. The smallest absolute Gasteiger partial charge is 0.309 e. The van der Waals surface area contributed by atoms with Crippen molar-refractivity contribution in [1.29, 1.82) is 0 Å². The second-order valence-electron chi connectivity index (χ2n) is 3.70. The number of carbonyl (C=O) groups is 1. The van der Waals surface area contributed by atoms with Gasteiger partial charge in [0, 0.05) is 13.0 Å². The number of aryl methyl sites for hydroxylation is 1. The standard InChI is InChI=1S/C10H16N4O3/c1-3-5-11-10(15)4-6-13-8(2)9(7-12-13)14(16)17/h7H,3-6H2,1-2H3,(H,11,15). The summed E-state index contributed by atoms with van der Waals surface area (Å²) in [5.74, 6) is -0.0654. The van der Waals surface area contributed by atoms with E-state index in [-0.39, 0.29) is 18.0 Å². The van der Waals surface area contributed by atoms with Gasteiger partial charge in [-0.3, -0.25) is 19.6 Å². The first-order valence-electron chi connectivity index (χ1n) is 5.49. The van der Waals surface area contributed by atoms with Crippen molar-refractivity contribution in [1.82, 2.24) is 15.1 Å². The normalized spacial score (nSPS) is 10.2. The maximum Gasteiger partial charge on any atom is 0.309 e. The van der Waals surface area contributed by atoms with E-state index < -0.39 is 4.92 Å². The summed E-state index contributed by atoms with van der Waals surface area (Å²) in [6.45, 7) is 4.60. The average Bonchev–Trinajstić information content (AvgIpc) is 2.65. The second-order valence-corrected chi connectivity index (χ2v) is 3.70. The maximum atomic E-state index is 11.3. The Kier molecular flexibility index (Phi) is 4.62. The first-order valence-corrected chi connectivity index (χ1v) is 5.49. The largest absolute Gasteiger partial charge is 0.356 e. The third-order valence-electron chi connectivity index (χ3n) is 2.40. The molecular formula is C10H16N4O3. The van der Waals surface area contributed by atoms with Gasteiger partial charge in [-0.1, -0.05) is 6.92 Å². The van der Waals surface area contributed by atoms with E-state index in [1.807, 2.05) is 6.92 Å². The Labute approximate surface area is 99.0 Å². The number of hydrogen-bond donors (Lipinski definition) is 1. The van der Waals surface area contributed by atoms with Crippen LogP contribution in [-0.2, 0) is 11.3 Å². The average molecular weight is 240 g/mol. The summed E-state index contributed by atoms with van der Waals surface area (Å²) >= 11 is 0. The third-order valence-corrected chi connectivity index (χ3v) is 2.40. The predicted octanol–water partition coefficient (Wildman–Crippen LogP) is 1.02. The molecule has 7 heteroatoms. The van der Waals surface area contributed by atoms with Crippen LogP contribution in [0.4, 0.5) is 5.69 Å². The molecule has 0 spiro atoms. The molecule has 94 valence electrons. The molecule has 1 N–H and O–H groups in total. The maximum absolute atomic E-state index is 11.3. The molecule has 1 amide bonds. The van der Waals surface area contributed by atoms with Crippen LogP contribution in [-0.4, -0.2) is 27.2 Å². The molecule has 7 nitrogen and oxygen atoms in total. The zero-order valence-electron chi connectivity index (χ0n) is 9.97. The van der Waals surface area contributed by atoms with Gasteiger partial charge in [-0.25, -0.2) is 0 Å². The summed E-state index contributed by atoms with van der Waals surface area (Å²) in [6, 6.07) is 0. The van der Waals surface area contributed by atoms with Crippen LogP contribution in [0.15, 0.2) is 6.20 Å². The van der Waals surface area contributed by atoms with Gasteiger partial charge < -0.3 is 5.32 Å². The summed E-state index contributed by atoms with van der Waals surface area (Å²) in [5, 5.41) is 17.2. The van der Waals surface area contributed by atoms with E-state index in [2.05, 4.69) is 10.4 Å². The topological polar surface area (TPSA) is 90.1 Å². The molecule has 0 radical (unpaired) electrons. The first-order chi connectivity index (χ1) is 8.06. The number of nitrogens with zero attached hydrogens (tertiary/aromatic N) is 3. The van der Waals surface area contributed by atoms with Crippen LogP contribution in [0.25, 0.3) is 0 Å². The number of hydrogen-bond acceptors (Lipinski definition) is 4. The SMILES string of the molecule is CCCNC(=O)CCn1ncc([N+](=O)[O-])c1C. The molecule has 0 saturated carbocycles. The van der Waals surface area contributed by atoms with E-state index in [0.717, 1.165) is 6.42 Å². The van der Waals surface area contributed by atoms with Gasteiger partial charge in [0.25, 0.3) is 0 Å². The highest BCUT2D eigenvalue weighted by atomic mass is 16.6. The number of aromatic nitrogens is 2. The van der Waals surface area contributed by atoms with E-state index in [9.17, 15) is 14.9 Å². The van der Waals surface area contributed by atoms with Crippen molar-refractivity contribution in [2.24, 2.45) is 0 Å². The van der Waals surface area contributed by atoms with E-state index in [0.29, 0.717) is 18.8 Å². The van der Waals surface area contributed by atoms with E-state index in [1.165, 1.54) is 10.9 Å². The van der Waals surface area contributed by atoms with Gasteiger partial charge in [-0.2, -0.15) is 5.10 Å². The lowest BCUT2D eigenvalue weighted by molar-refractivity contribution is -0.385. The Bertz CT molecular complexity index is 414. The molecule has 0 aliphatic heterocycles. The summed E-state index contributed by atoms with van der Waals surface area (Å²) in [7, 11) is 0. The van der Waals surface area contributed by atoms with Crippen molar-refractivity contribution < 1.29 is 9.72 Å². The minimum Gasteiger partial charge on any atom is -0.356 e. The van der Waals surface area contributed by atoms with Crippen LogP contribution in [0, 0.1) is 17.0 Å². The zero-order chi connectivity index (χ0) is 12.8. The molecular weight excluding hydrogens is 224 g/mol.